The van der Waals surface area contributed by atoms with Crippen LogP contribution < -0.4 is 10.2 Å². The molecule has 1 saturated heterocycles. The number of piperidine rings is 1. The topological polar surface area (TPSA) is 115 Å². The van der Waals surface area contributed by atoms with Crippen LogP contribution in [0.15, 0.2) is 55.5 Å². The average molecular weight is 525 g/mol. The summed E-state index contributed by atoms with van der Waals surface area (Å²) in [5.41, 5.74) is 1.33. The van der Waals surface area contributed by atoms with Crippen molar-refractivity contribution in [2.45, 2.75) is 24.9 Å². The number of hydrogen-bond donors (Lipinski definition) is 1. The minimum Gasteiger partial charge on any atom is -0.341 e. The number of alkyl halides is 3. The summed E-state index contributed by atoms with van der Waals surface area (Å²) in [5.74, 6) is 0.312. The number of rotatable bonds is 5. The Morgan fingerprint density at radius 1 is 0.974 bits per heavy atom. The van der Waals surface area contributed by atoms with Gasteiger partial charge in [-0.1, -0.05) is 0 Å². The van der Waals surface area contributed by atoms with Gasteiger partial charge in [0.2, 0.25) is 5.95 Å². The minimum absolute atomic E-state index is 0.151. The summed E-state index contributed by atoms with van der Waals surface area (Å²) in [5, 5.41) is 13.9. The van der Waals surface area contributed by atoms with E-state index in [4.69, 9.17) is 0 Å². The molecule has 1 fully saturated rings. The molecule has 0 unspecified atom stereocenters. The first-order chi connectivity index (χ1) is 18.4. The van der Waals surface area contributed by atoms with E-state index in [1.807, 2.05) is 9.30 Å². The monoisotopic (exact) mass is 525 g/mol. The van der Waals surface area contributed by atoms with Crippen molar-refractivity contribution in [3.8, 4) is 5.69 Å². The second kappa shape index (κ2) is 9.32. The molecule has 11 nitrogen and oxygen atoms in total. The van der Waals surface area contributed by atoms with Gasteiger partial charge in [0, 0.05) is 61.8 Å². The second-order valence-corrected chi connectivity index (χ2v) is 8.73. The van der Waals surface area contributed by atoms with E-state index in [1.165, 1.54) is 17.1 Å². The van der Waals surface area contributed by atoms with Crippen molar-refractivity contribution in [3.63, 3.8) is 0 Å². The van der Waals surface area contributed by atoms with Crippen LogP contribution in [0.3, 0.4) is 0 Å². The highest BCUT2D eigenvalue weighted by Gasteiger charge is 2.32. The van der Waals surface area contributed by atoms with E-state index >= 15 is 0 Å². The highest BCUT2D eigenvalue weighted by molar-refractivity contribution is 5.71. The quantitative estimate of drug-likeness (QED) is 0.342. The number of nitrogens with zero attached hydrogens (tertiary/aromatic N) is 10. The van der Waals surface area contributed by atoms with E-state index in [9.17, 15) is 17.6 Å². The van der Waals surface area contributed by atoms with E-state index in [1.54, 1.807) is 30.7 Å². The van der Waals surface area contributed by atoms with Crippen LogP contribution in [0.5, 0.6) is 0 Å². The Hall–Kier alpha value is -4.69. The Kier molecular flexibility index (Phi) is 5.81. The first-order valence-corrected chi connectivity index (χ1v) is 11.6. The van der Waals surface area contributed by atoms with Crippen LogP contribution in [0.4, 0.5) is 35.0 Å². The van der Waals surface area contributed by atoms with Crippen molar-refractivity contribution in [1.29, 1.82) is 0 Å². The normalized spacial score (nSPS) is 14.8. The van der Waals surface area contributed by atoms with Crippen LogP contribution in [-0.4, -0.2) is 57.6 Å². The standard InChI is InChI=1S/C23H19F4N11/c24-17-9-16(38-13-32-34-35-38)1-2-18(17)33-20-21-29-12-19(37(21)8-5-28-20)14-3-6-36(7-4-14)22-30-10-15(11-31-22)23(25,26)27/h1-2,5,8-14H,3-4,6-7H2,(H,28,33). The van der Waals surface area contributed by atoms with Gasteiger partial charge in [-0.15, -0.1) is 5.10 Å². The van der Waals surface area contributed by atoms with E-state index in [-0.39, 0.29) is 17.6 Å². The highest BCUT2D eigenvalue weighted by Crippen LogP contribution is 2.33. The van der Waals surface area contributed by atoms with Crippen molar-refractivity contribution >= 4 is 23.1 Å². The molecule has 4 aromatic heterocycles. The van der Waals surface area contributed by atoms with Gasteiger partial charge in [0.1, 0.15) is 12.1 Å². The summed E-state index contributed by atoms with van der Waals surface area (Å²) in [7, 11) is 0. The zero-order chi connectivity index (χ0) is 26.3. The number of anilines is 3. The first-order valence-electron chi connectivity index (χ1n) is 11.6. The van der Waals surface area contributed by atoms with Gasteiger partial charge in [0.05, 0.1) is 16.9 Å². The van der Waals surface area contributed by atoms with E-state index in [2.05, 4.69) is 40.8 Å². The van der Waals surface area contributed by atoms with Gasteiger partial charge >= 0.3 is 6.18 Å². The third-order valence-corrected chi connectivity index (χ3v) is 6.44. The second-order valence-electron chi connectivity index (χ2n) is 8.73. The molecule has 0 bridgehead atoms. The molecule has 1 N–H and O–H groups in total. The maximum atomic E-state index is 14.8. The largest absolute Gasteiger partial charge is 0.419 e. The van der Waals surface area contributed by atoms with Gasteiger partial charge in [-0.05, 0) is 35.4 Å². The van der Waals surface area contributed by atoms with Crippen LogP contribution in [0.25, 0.3) is 11.3 Å². The van der Waals surface area contributed by atoms with Crippen molar-refractivity contribution in [3.05, 3.63) is 72.6 Å². The number of hydrogen-bond acceptors (Lipinski definition) is 9. The number of halogens is 4. The molecule has 15 heteroatoms. The summed E-state index contributed by atoms with van der Waals surface area (Å²) in [4.78, 5) is 18.6. The Balaban J connectivity index is 1.17. The molecule has 0 amide bonds. The molecule has 5 heterocycles. The highest BCUT2D eigenvalue weighted by atomic mass is 19.4. The van der Waals surface area contributed by atoms with Gasteiger partial charge in [0.25, 0.3) is 0 Å². The van der Waals surface area contributed by atoms with Crippen LogP contribution >= 0.6 is 0 Å². The van der Waals surface area contributed by atoms with Crippen molar-refractivity contribution in [2.24, 2.45) is 0 Å². The van der Waals surface area contributed by atoms with E-state index < -0.39 is 17.6 Å². The van der Waals surface area contributed by atoms with E-state index in [0.29, 0.717) is 30.2 Å². The lowest BCUT2D eigenvalue weighted by Crippen LogP contribution is -2.34. The molecule has 0 aliphatic carbocycles. The molecular formula is C23H19F4N11. The third kappa shape index (κ3) is 4.46. The molecule has 194 valence electrons. The number of aromatic nitrogens is 9. The molecule has 1 aliphatic heterocycles. The van der Waals surface area contributed by atoms with Crippen molar-refractivity contribution < 1.29 is 17.6 Å². The molecule has 1 aromatic carbocycles. The average Bonchev–Trinajstić information content (AvgIpc) is 3.61. The summed E-state index contributed by atoms with van der Waals surface area (Å²) < 4.78 is 56.5. The molecule has 6 rings (SSSR count). The van der Waals surface area contributed by atoms with Crippen LogP contribution in [0, 0.1) is 5.82 Å². The third-order valence-electron chi connectivity index (χ3n) is 6.44. The molecule has 0 spiro atoms. The smallest absolute Gasteiger partial charge is 0.341 e. The van der Waals surface area contributed by atoms with Crippen LogP contribution in [0.2, 0.25) is 0 Å². The predicted octanol–water partition coefficient (Wildman–Crippen LogP) is 3.78. The molecule has 38 heavy (non-hydrogen) atoms. The zero-order valence-electron chi connectivity index (χ0n) is 19.6. The van der Waals surface area contributed by atoms with Gasteiger partial charge < -0.3 is 10.2 Å². The fourth-order valence-corrected chi connectivity index (χ4v) is 4.49. The lowest BCUT2D eigenvalue weighted by Gasteiger charge is -2.31. The number of imidazole rings is 1. The summed E-state index contributed by atoms with van der Waals surface area (Å²) in [6.07, 6.45) is 5.16. The molecule has 0 radical (unpaired) electrons. The van der Waals surface area contributed by atoms with Gasteiger partial charge in [0.15, 0.2) is 11.5 Å². The molecule has 1 aliphatic rings. The number of nitrogens with one attached hydrogen (secondary N) is 1. The fourth-order valence-electron chi connectivity index (χ4n) is 4.49. The number of tetrazole rings is 1. The first kappa shape index (κ1) is 23.7. The molecule has 5 aromatic rings. The predicted molar refractivity (Wildman–Crippen MR) is 127 cm³/mol. The fraction of sp³-hybridized carbons (Fsp3) is 0.261. The Morgan fingerprint density at radius 2 is 1.76 bits per heavy atom. The SMILES string of the molecule is Fc1cc(-n2cnnn2)ccc1Nc1nccn2c(C3CCN(c4ncc(C(F)(F)F)cn4)CC3)cnc12. The lowest BCUT2D eigenvalue weighted by atomic mass is 9.94. The van der Waals surface area contributed by atoms with Crippen molar-refractivity contribution in [1.82, 2.24) is 44.5 Å². The van der Waals surface area contributed by atoms with Gasteiger partial charge in [-0.2, -0.15) is 13.2 Å². The van der Waals surface area contributed by atoms with Gasteiger partial charge in [-0.25, -0.2) is 29.0 Å². The van der Waals surface area contributed by atoms with Crippen LogP contribution in [0.1, 0.15) is 30.0 Å². The maximum absolute atomic E-state index is 14.8. The molecular weight excluding hydrogens is 506 g/mol. The lowest BCUT2D eigenvalue weighted by molar-refractivity contribution is -0.138. The summed E-state index contributed by atoms with van der Waals surface area (Å²) in [6, 6.07) is 4.55. The maximum Gasteiger partial charge on any atom is 0.419 e. The van der Waals surface area contributed by atoms with Crippen LogP contribution in [-0.2, 0) is 6.18 Å². The van der Waals surface area contributed by atoms with Gasteiger partial charge in [-0.3, -0.25) is 4.40 Å². The summed E-state index contributed by atoms with van der Waals surface area (Å²) >= 11 is 0. The summed E-state index contributed by atoms with van der Waals surface area (Å²) in [6.45, 7) is 1.16. The van der Waals surface area contributed by atoms with E-state index in [0.717, 1.165) is 30.9 Å². The molecule has 0 atom stereocenters. The Labute approximate surface area is 212 Å². The van der Waals surface area contributed by atoms with Crippen molar-refractivity contribution in [2.75, 3.05) is 23.3 Å². The number of fused-ring (bicyclic) bond motifs is 1. The zero-order valence-corrected chi connectivity index (χ0v) is 19.6. The molecule has 0 saturated carbocycles. The Bertz CT molecular complexity index is 1560. The minimum atomic E-state index is -4.47. The number of benzene rings is 1. The Morgan fingerprint density at radius 3 is 2.45 bits per heavy atom.